The van der Waals surface area contributed by atoms with Gasteiger partial charge < -0.3 is 14.9 Å². The number of aryl methyl sites for hydroxylation is 2. The zero-order chi connectivity index (χ0) is 34.4. The van der Waals surface area contributed by atoms with E-state index in [4.69, 9.17) is 0 Å². The standard InChI is InChI=1S/C38H42F3N3O3S/c1-25-24-48-36(42-25)33-15-9-17-44(33)37(47)30-20-29(21-32(22-30)43(2)3)35(46)23-28(18-26-10-5-4-6-11-26)34(45)16-8-13-27-12-7-14-31(19-27)38(39,40)41/h4-7,10-12,14,19-22,24,28,33-34,45H,8-9,13,15-18,23H2,1-3H3/t28-,33-,34-/m1/s1. The highest BCUT2D eigenvalue weighted by Gasteiger charge is 2.34. The lowest BCUT2D eigenvalue weighted by Crippen LogP contribution is -2.31. The van der Waals surface area contributed by atoms with Crippen LogP contribution >= 0.6 is 11.3 Å². The number of aromatic nitrogens is 1. The maximum absolute atomic E-state index is 14.0. The van der Waals surface area contributed by atoms with Crippen LogP contribution < -0.4 is 4.90 Å². The molecule has 6 nitrogen and oxygen atoms in total. The van der Waals surface area contributed by atoms with Crippen molar-refractivity contribution in [2.24, 2.45) is 5.92 Å². The summed E-state index contributed by atoms with van der Waals surface area (Å²) in [5.41, 5.74) is 3.33. The van der Waals surface area contributed by atoms with Gasteiger partial charge in [-0.25, -0.2) is 4.98 Å². The Balaban J connectivity index is 1.34. The zero-order valence-electron chi connectivity index (χ0n) is 27.5. The fraction of sp³-hybridized carbons (Fsp3) is 0.395. The Morgan fingerprint density at radius 2 is 1.75 bits per heavy atom. The van der Waals surface area contributed by atoms with Crippen molar-refractivity contribution in [3.8, 4) is 0 Å². The number of carbonyl (C=O) groups is 2. The van der Waals surface area contributed by atoms with Gasteiger partial charge in [-0.1, -0.05) is 48.5 Å². The van der Waals surface area contributed by atoms with Gasteiger partial charge in [-0.3, -0.25) is 9.59 Å². The second kappa shape index (κ2) is 15.5. The van der Waals surface area contributed by atoms with Crippen LogP contribution in [0, 0.1) is 12.8 Å². The van der Waals surface area contributed by atoms with Crippen molar-refractivity contribution in [3.05, 3.63) is 117 Å². The van der Waals surface area contributed by atoms with Crippen molar-refractivity contribution in [1.29, 1.82) is 0 Å². The Bertz CT molecular complexity index is 1710. The largest absolute Gasteiger partial charge is 0.416 e. The number of hydrogen-bond acceptors (Lipinski definition) is 6. The summed E-state index contributed by atoms with van der Waals surface area (Å²) < 4.78 is 39.6. The third kappa shape index (κ3) is 8.90. The second-order valence-corrected chi connectivity index (χ2v) is 13.8. The molecule has 5 rings (SSSR count). The van der Waals surface area contributed by atoms with Gasteiger partial charge in [0.15, 0.2) is 5.78 Å². The number of aliphatic hydroxyl groups excluding tert-OH is 1. The van der Waals surface area contributed by atoms with Crippen LogP contribution in [0.1, 0.15) is 86.3 Å². The van der Waals surface area contributed by atoms with E-state index >= 15 is 0 Å². The van der Waals surface area contributed by atoms with E-state index in [-0.39, 0.29) is 24.2 Å². The van der Waals surface area contributed by atoms with E-state index < -0.39 is 23.8 Å². The number of alkyl halides is 3. The van der Waals surface area contributed by atoms with E-state index in [1.54, 1.807) is 29.5 Å². The molecule has 4 aromatic rings. The predicted molar refractivity (Wildman–Crippen MR) is 184 cm³/mol. The molecule has 0 unspecified atom stereocenters. The molecule has 3 aromatic carbocycles. The van der Waals surface area contributed by atoms with Gasteiger partial charge in [0.05, 0.1) is 17.7 Å². The highest BCUT2D eigenvalue weighted by Crippen LogP contribution is 2.36. The van der Waals surface area contributed by atoms with Gasteiger partial charge >= 0.3 is 6.18 Å². The molecule has 1 aliphatic rings. The number of Topliss-reactive ketones (excluding diaryl/α,β-unsaturated/α-hetero) is 1. The summed E-state index contributed by atoms with van der Waals surface area (Å²) >= 11 is 1.56. The van der Waals surface area contributed by atoms with Crippen LogP contribution in [-0.4, -0.2) is 53.4 Å². The average molecular weight is 678 g/mol. The molecule has 1 aromatic heterocycles. The first-order chi connectivity index (χ1) is 22.9. The van der Waals surface area contributed by atoms with Crippen molar-refractivity contribution in [2.75, 3.05) is 25.5 Å². The first kappa shape index (κ1) is 35.3. The van der Waals surface area contributed by atoms with Gasteiger partial charge in [0.25, 0.3) is 5.91 Å². The summed E-state index contributed by atoms with van der Waals surface area (Å²) in [4.78, 5) is 36.3. The lowest BCUT2D eigenvalue weighted by molar-refractivity contribution is -0.137. The van der Waals surface area contributed by atoms with Crippen molar-refractivity contribution in [1.82, 2.24) is 9.88 Å². The van der Waals surface area contributed by atoms with Crippen LogP contribution in [0.2, 0.25) is 0 Å². The van der Waals surface area contributed by atoms with E-state index in [1.165, 1.54) is 6.07 Å². The summed E-state index contributed by atoms with van der Waals surface area (Å²) in [7, 11) is 3.72. The van der Waals surface area contributed by atoms with Crippen LogP contribution in [0.5, 0.6) is 0 Å². The molecule has 0 bridgehead atoms. The smallest absolute Gasteiger partial charge is 0.393 e. The van der Waals surface area contributed by atoms with E-state index in [0.717, 1.165) is 46.9 Å². The molecule has 48 heavy (non-hydrogen) atoms. The molecule has 254 valence electrons. The SMILES string of the molecule is Cc1csc([C@H]2CCCN2C(=O)c2cc(C(=O)C[C@@H](Cc3ccccc3)[C@H](O)CCCc3cccc(C(F)(F)F)c3)cc(N(C)C)c2)n1. The zero-order valence-corrected chi connectivity index (χ0v) is 28.4. The highest BCUT2D eigenvalue weighted by atomic mass is 32.1. The highest BCUT2D eigenvalue weighted by molar-refractivity contribution is 7.09. The molecule has 1 N–H and O–H groups in total. The molecule has 1 fully saturated rings. The molecule has 0 aliphatic carbocycles. The number of amides is 1. The van der Waals surface area contributed by atoms with E-state index in [9.17, 15) is 27.9 Å². The molecule has 0 spiro atoms. The second-order valence-electron chi connectivity index (χ2n) is 12.9. The lowest BCUT2D eigenvalue weighted by Gasteiger charge is -2.25. The number of nitrogens with zero attached hydrogens (tertiary/aromatic N) is 3. The third-order valence-corrected chi connectivity index (χ3v) is 10.1. The van der Waals surface area contributed by atoms with Crippen LogP contribution in [0.3, 0.4) is 0 Å². The summed E-state index contributed by atoms with van der Waals surface area (Å²) in [5, 5.41) is 14.3. The Morgan fingerprint density at radius 1 is 1.02 bits per heavy atom. The molecular formula is C38H42F3N3O3S. The first-order valence-corrected chi connectivity index (χ1v) is 17.2. The van der Waals surface area contributed by atoms with Gasteiger partial charge in [0.2, 0.25) is 0 Å². The van der Waals surface area contributed by atoms with Gasteiger partial charge in [-0.2, -0.15) is 13.2 Å². The number of anilines is 1. The number of ketones is 1. The molecule has 0 radical (unpaired) electrons. The van der Waals surface area contributed by atoms with Crippen molar-refractivity contribution in [2.45, 2.75) is 70.2 Å². The van der Waals surface area contributed by atoms with Crippen molar-refractivity contribution in [3.63, 3.8) is 0 Å². The van der Waals surface area contributed by atoms with Crippen molar-refractivity contribution >= 4 is 28.7 Å². The number of carbonyl (C=O) groups excluding carboxylic acids is 2. The minimum absolute atomic E-state index is 0.0505. The van der Waals surface area contributed by atoms with Gasteiger partial charge in [-0.05, 0) is 86.8 Å². The molecule has 1 saturated heterocycles. The molecule has 1 aliphatic heterocycles. The Hall–Kier alpha value is -4.02. The predicted octanol–water partition coefficient (Wildman–Crippen LogP) is 8.33. The fourth-order valence-corrected chi connectivity index (χ4v) is 7.33. The Morgan fingerprint density at radius 3 is 2.44 bits per heavy atom. The molecule has 0 saturated carbocycles. The van der Waals surface area contributed by atoms with E-state index in [2.05, 4.69) is 4.98 Å². The third-order valence-electron chi connectivity index (χ3n) is 8.99. The molecule has 3 atom stereocenters. The number of aliphatic hydroxyl groups is 1. The van der Waals surface area contributed by atoms with Crippen LogP contribution in [0.15, 0.2) is 78.2 Å². The van der Waals surface area contributed by atoms with Gasteiger partial charge in [-0.15, -0.1) is 11.3 Å². The van der Waals surface area contributed by atoms with Crippen LogP contribution in [-0.2, 0) is 19.0 Å². The maximum Gasteiger partial charge on any atom is 0.416 e. The average Bonchev–Trinajstić information content (AvgIpc) is 3.73. The number of thiazole rings is 1. The molecule has 2 heterocycles. The van der Waals surface area contributed by atoms with E-state index in [1.807, 2.05) is 72.6 Å². The van der Waals surface area contributed by atoms with E-state index in [0.29, 0.717) is 48.9 Å². The number of halogens is 3. The van der Waals surface area contributed by atoms with Crippen LogP contribution in [0.25, 0.3) is 0 Å². The lowest BCUT2D eigenvalue weighted by atomic mass is 9.85. The molecule has 1 amide bonds. The topological polar surface area (TPSA) is 73.7 Å². The monoisotopic (exact) mass is 677 g/mol. The van der Waals surface area contributed by atoms with Gasteiger partial charge in [0, 0.05) is 54.9 Å². The Labute approximate surface area is 284 Å². The number of rotatable bonds is 13. The summed E-state index contributed by atoms with van der Waals surface area (Å²) in [6, 6.07) is 20.0. The Kier molecular flexibility index (Phi) is 11.4. The molecular weight excluding hydrogens is 635 g/mol. The first-order valence-electron chi connectivity index (χ1n) is 16.4. The number of likely N-dealkylation sites (tertiary alicyclic amines) is 1. The number of hydrogen-bond donors (Lipinski definition) is 1. The normalized spacial score (nSPS) is 16.1. The number of benzene rings is 3. The van der Waals surface area contributed by atoms with Crippen molar-refractivity contribution < 1.29 is 27.9 Å². The molecule has 10 heteroatoms. The minimum atomic E-state index is -4.42. The van der Waals surface area contributed by atoms with Gasteiger partial charge in [0.1, 0.15) is 5.01 Å². The van der Waals surface area contributed by atoms with Crippen LogP contribution in [0.4, 0.5) is 18.9 Å². The maximum atomic E-state index is 14.0. The summed E-state index contributed by atoms with van der Waals surface area (Å²) in [5.74, 6) is -0.752. The quantitative estimate of drug-likeness (QED) is 0.144. The summed E-state index contributed by atoms with van der Waals surface area (Å²) in [6.07, 6.45) is -1.88. The minimum Gasteiger partial charge on any atom is -0.393 e. The fourth-order valence-electron chi connectivity index (χ4n) is 6.38. The summed E-state index contributed by atoms with van der Waals surface area (Å²) in [6.45, 7) is 2.56.